The molecule has 0 aliphatic carbocycles. The fourth-order valence-corrected chi connectivity index (χ4v) is 3.92. The molecule has 150 valence electrons. The Morgan fingerprint density at radius 3 is 2.59 bits per heavy atom. The second kappa shape index (κ2) is 8.61. The van der Waals surface area contributed by atoms with Gasteiger partial charge in [-0.15, -0.1) is 0 Å². The maximum Gasteiger partial charge on any atom is 0.416 e. The molecule has 2 saturated heterocycles. The number of ether oxygens (including phenoxy) is 1. The highest BCUT2D eigenvalue weighted by molar-refractivity contribution is 5.78. The van der Waals surface area contributed by atoms with Gasteiger partial charge in [0.25, 0.3) is 0 Å². The lowest BCUT2D eigenvalue weighted by atomic mass is 9.94. The van der Waals surface area contributed by atoms with Crippen molar-refractivity contribution < 1.29 is 22.7 Å². The minimum absolute atomic E-state index is 0.00648. The second-order valence-corrected chi connectivity index (χ2v) is 7.34. The average molecular weight is 384 g/mol. The van der Waals surface area contributed by atoms with Crippen molar-refractivity contribution in [2.45, 2.75) is 50.9 Å². The highest BCUT2D eigenvalue weighted by Crippen LogP contribution is 2.34. The largest absolute Gasteiger partial charge is 0.416 e. The van der Waals surface area contributed by atoms with Crippen molar-refractivity contribution in [1.82, 2.24) is 9.80 Å². The zero-order valence-electron chi connectivity index (χ0n) is 15.7. The molecule has 2 aliphatic heterocycles. The normalized spacial score (nSPS) is 24.8. The van der Waals surface area contributed by atoms with Crippen LogP contribution < -0.4 is 0 Å². The number of morpholine rings is 1. The van der Waals surface area contributed by atoms with E-state index in [1.54, 1.807) is 12.1 Å². The van der Waals surface area contributed by atoms with Crippen LogP contribution in [0, 0.1) is 0 Å². The van der Waals surface area contributed by atoms with Gasteiger partial charge in [-0.3, -0.25) is 9.69 Å². The number of piperidine rings is 1. The van der Waals surface area contributed by atoms with E-state index in [1.807, 2.05) is 11.8 Å². The van der Waals surface area contributed by atoms with Crippen LogP contribution in [0.4, 0.5) is 13.2 Å². The van der Waals surface area contributed by atoms with Gasteiger partial charge in [0.1, 0.15) is 0 Å². The molecule has 2 fully saturated rings. The number of halogens is 3. The third-order valence-corrected chi connectivity index (χ3v) is 5.52. The maximum atomic E-state index is 12.8. The number of likely N-dealkylation sites (tertiary alicyclic amines) is 1. The summed E-state index contributed by atoms with van der Waals surface area (Å²) in [5, 5.41) is 0. The number of rotatable bonds is 4. The Morgan fingerprint density at radius 1 is 1.19 bits per heavy atom. The third-order valence-electron chi connectivity index (χ3n) is 5.52. The minimum atomic E-state index is -4.33. The molecule has 2 heterocycles. The number of hydrogen-bond donors (Lipinski definition) is 0. The number of alkyl halides is 3. The Balaban J connectivity index is 1.67. The molecule has 2 atom stereocenters. The first-order valence-electron chi connectivity index (χ1n) is 9.69. The van der Waals surface area contributed by atoms with E-state index < -0.39 is 11.7 Å². The van der Waals surface area contributed by atoms with Crippen molar-refractivity contribution in [3.8, 4) is 0 Å². The van der Waals surface area contributed by atoms with E-state index in [2.05, 4.69) is 4.90 Å². The Morgan fingerprint density at radius 2 is 1.93 bits per heavy atom. The first-order valence-corrected chi connectivity index (χ1v) is 9.69. The van der Waals surface area contributed by atoms with Crippen LogP contribution in [0.1, 0.15) is 49.8 Å². The highest BCUT2D eigenvalue weighted by atomic mass is 19.4. The summed E-state index contributed by atoms with van der Waals surface area (Å²) in [5.41, 5.74) is 0.215. The molecular weight excluding hydrogens is 357 g/mol. The first kappa shape index (κ1) is 20.1. The summed E-state index contributed by atoms with van der Waals surface area (Å²) in [4.78, 5) is 16.7. The van der Waals surface area contributed by atoms with Gasteiger partial charge in [-0.25, -0.2) is 0 Å². The number of amides is 1. The van der Waals surface area contributed by atoms with Crippen molar-refractivity contribution in [2.24, 2.45) is 0 Å². The van der Waals surface area contributed by atoms with Gasteiger partial charge < -0.3 is 9.64 Å². The molecule has 0 radical (unpaired) electrons. The molecule has 1 aromatic rings. The van der Waals surface area contributed by atoms with Crippen LogP contribution in [0.3, 0.4) is 0 Å². The highest BCUT2D eigenvalue weighted by Gasteiger charge is 2.32. The van der Waals surface area contributed by atoms with Crippen molar-refractivity contribution in [1.29, 1.82) is 0 Å². The summed E-state index contributed by atoms with van der Waals surface area (Å²) in [6.07, 6.45) is -0.472. The summed E-state index contributed by atoms with van der Waals surface area (Å²) >= 11 is 0. The van der Waals surface area contributed by atoms with E-state index in [1.165, 1.54) is 0 Å². The van der Waals surface area contributed by atoms with E-state index in [9.17, 15) is 18.0 Å². The molecule has 2 aliphatic rings. The number of hydrogen-bond acceptors (Lipinski definition) is 3. The molecular formula is C20H27F3N2O2. The quantitative estimate of drug-likeness (QED) is 0.790. The van der Waals surface area contributed by atoms with Gasteiger partial charge in [0.15, 0.2) is 0 Å². The fraction of sp³-hybridized carbons (Fsp3) is 0.650. The second-order valence-electron chi connectivity index (χ2n) is 7.34. The lowest BCUT2D eigenvalue weighted by Gasteiger charge is -2.38. The standard InChI is InChI=1S/C20H27F3N2O2/c1-2-17-13-25(11-12-27-17)19(26)14-24-10-4-3-5-18(24)15-6-8-16(9-7-15)20(21,22)23/h6-9,17-18H,2-5,10-14H2,1H3. The summed E-state index contributed by atoms with van der Waals surface area (Å²) < 4.78 is 44.0. The van der Waals surface area contributed by atoms with Gasteiger partial charge >= 0.3 is 6.18 Å². The Bertz CT molecular complexity index is 633. The van der Waals surface area contributed by atoms with E-state index in [-0.39, 0.29) is 18.1 Å². The van der Waals surface area contributed by atoms with E-state index in [4.69, 9.17) is 4.74 Å². The topological polar surface area (TPSA) is 32.8 Å². The van der Waals surface area contributed by atoms with Crippen molar-refractivity contribution >= 4 is 5.91 Å². The van der Waals surface area contributed by atoms with Gasteiger partial charge in [-0.1, -0.05) is 25.5 Å². The van der Waals surface area contributed by atoms with Gasteiger partial charge in [0, 0.05) is 19.1 Å². The summed E-state index contributed by atoms with van der Waals surface area (Å²) in [6, 6.07) is 5.37. The third kappa shape index (κ3) is 5.02. The van der Waals surface area contributed by atoms with E-state index in [0.29, 0.717) is 26.2 Å². The molecule has 27 heavy (non-hydrogen) atoms. The van der Waals surface area contributed by atoms with Gasteiger partial charge in [-0.05, 0) is 43.5 Å². The Hall–Kier alpha value is -1.60. The zero-order valence-corrected chi connectivity index (χ0v) is 15.7. The molecule has 1 amide bonds. The van der Waals surface area contributed by atoms with Crippen LogP contribution in [0.25, 0.3) is 0 Å². The average Bonchev–Trinajstić information content (AvgIpc) is 2.68. The monoisotopic (exact) mass is 384 g/mol. The van der Waals surface area contributed by atoms with E-state index >= 15 is 0 Å². The number of benzene rings is 1. The van der Waals surface area contributed by atoms with Crippen molar-refractivity contribution in [3.05, 3.63) is 35.4 Å². The van der Waals surface area contributed by atoms with Crippen molar-refractivity contribution in [2.75, 3.05) is 32.8 Å². The smallest absolute Gasteiger partial charge is 0.375 e. The molecule has 4 nitrogen and oxygen atoms in total. The van der Waals surface area contributed by atoms with Gasteiger partial charge in [0.2, 0.25) is 5.91 Å². The molecule has 7 heteroatoms. The predicted molar refractivity (Wildman–Crippen MR) is 96.2 cm³/mol. The van der Waals surface area contributed by atoms with Crippen LogP contribution in [0.15, 0.2) is 24.3 Å². The summed E-state index contributed by atoms with van der Waals surface area (Å²) in [7, 11) is 0. The maximum absolute atomic E-state index is 12.8. The van der Waals surface area contributed by atoms with Crippen LogP contribution in [0.2, 0.25) is 0 Å². The molecule has 1 aromatic carbocycles. The van der Waals surface area contributed by atoms with Crippen LogP contribution >= 0.6 is 0 Å². The lowest BCUT2D eigenvalue weighted by Crippen LogP contribution is -2.50. The first-order chi connectivity index (χ1) is 12.9. The molecule has 3 rings (SSSR count). The van der Waals surface area contributed by atoms with Crippen molar-refractivity contribution in [3.63, 3.8) is 0 Å². The molecule has 0 bridgehead atoms. The van der Waals surface area contributed by atoms with Gasteiger partial charge in [-0.2, -0.15) is 13.2 Å². The number of nitrogens with zero attached hydrogens (tertiary/aromatic N) is 2. The molecule has 0 spiro atoms. The predicted octanol–water partition coefficient (Wildman–Crippen LogP) is 3.87. The number of carbonyl (C=O) groups is 1. The fourth-order valence-electron chi connectivity index (χ4n) is 3.92. The van der Waals surface area contributed by atoms with Gasteiger partial charge in [0.05, 0.1) is 24.8 Å². The molecule has 2 unspecified atom stereocenters. The Kier molecular flexibility index (Phi) is 6.42. The minimum Gasteiger partial charge on any atom is -0.375 e. The summed E-state index contributed by atoms with van der Waals surface area (Å²) in [6.45, 7) is 4.93. The summed E-state index contributed by atoms with van der Waals surface area (Å²) in [5.74, 6) is 0.0792. The van der Waals surface area contributed by atoms with Crippen LogP contribution in [0.5, 0.6) is 0 Å². The molecule has 0 N–H and O–H groups in total. The number of carbonyl (C=O) groups excluding carboxylic acids is 1. The van der Waals surface area contributed by atoms with Crippen LogP contribution in [-0.2, 0) is 15.7 Å². The molecule has 0 aromatic heterocycles. The Labute approximate surface area is 158 Å². The SMILES string of the molecule is CCC1CN(C(=O)CN2CCCCC2c2ccc(C(F)(F)F)cc2)CCO1. The zero-order chi connectivity index (χ0) is 19.4. The van der Waals surface area contributed by atoms with E-state index in [0.717, 1.165) is 49.9 Å². The molecule has 0 saturated carbocycles. The van der Waals surface area contributed by atoms with Crippen LogP contribution in [-0.4, -0.2) is 54.6 Å². The lowest BCUT2D eigenvalue weighted by molar-refractivity contribution is -0.141.